The lowest BCUT2D eigenvalue weighted by Gasteiger charge is -2.31. The number of halogens is 1. The lowest BCUT2D eigenvalue weighted by atomic mass is 10.1. The van der Waals surface area contributed by atoms with Crippen LogP contribution in [0.25, 0.3) is 0 Å². The minimum atomic E-state index is -0.0819. The average Bonchev–Trinajstić information content (AvgIpc) is 3.31. The van der Waals surface area contributed by atoms with Crippen LogP contribution >= 0.6 is 0 Å². The van der Waals surface area contributed by atoms with Gasteiger partial charge in [-0.25, -0.2) is 4.39 Å². The standard InChI is InChI=1S/C18H29FN2/c1-4-6-11-21(14(3)5-2)18-10-7-15(12-17(18)19)13-20-16-8-9-16/h7,10,12,14,16,20H,4-6,8-9,11,13H2,1-3H3. The highest BCUT2D eigenvalue weighted by Crippen LogP contribution is 2.25. The molecule has 1 aromatic rings. The monoisotopic (exact) mass is 292 g/mol. The van der Waals surface area contributed by atoms with Crippen LogP contribution in [-0.4, -0.2) is 18.6 Å². The molecule has 1 atom stereocenters. The zero-order valence-electron chi connectivity index (χ0n) is 13.7. The van der Waals surface area contributed by atoms with Gasteiger partial charge >= 0.3 is 0 Å². The molecule has 1 aliphatic carbocycles. The molecule has 0 bridgehead atoms. The molecular weight excluding hydrogens is 263 g/mol. The van der Waals surface area contributed by atoms with Gasteiger partial charge in [0, 0.05) is 25.2 Å². The molecule has 3 heteroatoms. The first-order valence-corrected chi connectivity index (χ1v) is 8.44. The summed E-state index contributed by atoms with van der Waals surface area (Å²) in [5.74, 6) is -0.0819. The Balaban J connectivity index is 2.07. The van der Waals surface area contributed by atoms with Gasteiger partial charge in [-0.2, -0.15) is 0 Å². The van der Waals surface area contributed by atoms with Gasteiger partial charge in [0.05, 0.1) is 5.69 Å². The molecule has 0 aliphatic heterocycles. The van der Waals surface area contributed by atoms with E-state index in [0.717, 1.165) is 43.6 Å². The van der Waals surface area contributed by atoms with Gasteiger partial charge in [0.1, 0.15) is 5.82 Å². The van der Waals surface area contributed by atoms with Crippen LogP contribution in [0.5, 0.6) is 0 Å². The van der Waals surface area contributed by atoms with Crippen LogP contribution in [0.1, 0.15) is 58.4 Å². The van der Waals surface area contributed by atoms with Crippen molar-refractivity contribution in [3.63, 3.8) is 0 Å². The number of hydrogen-bond donors (Lipinski definition) is 1. The normalized spacial score (nSPS) is 16.0. The number of anilines is 1. The maximum absolute atomic E-state index is 14.5. The Hall–Kier alpha value is -1.09. The van der Waals surface area contributed by atoms with Gasteiger partial charge in [-0.15, -0.1) is 0 Å². The third-order valence-corrected chi connectivity index (χ3v) is 4.37. The Labute approximate surface area is 128 Å². The molecule has 1 aliphatic rings. The van der Waals surface area contributed by atoms with Gasteiger partial charge in [0.15, 0.2) is 0 Å². The van der Waals surface area contributed by atoms with Crippen LogP contribution in [0.15, 0.2) is 18.2 Å². The van der Waals surface area contributed by atoms with E-state index in [1.807, 2.05) is 6.07 Å². The molecule has 0 saturated heterocycles. The first kappa shape index (κ1) is 16.3. The molecule has 0 amide bonds. The van der Waals surface area contributed by atoms with Gasteiger partial charge in [-0.1, -0.05) is 26.3 Å². The average molecular weight is 292 g/mol. The molecule has 0 radical (unpaired) electrons. The highest BCUT2D eigenvalue weighted by Gasteiger charge is 2.21. The highest BCUT2D eigenvalue weighted by atomic mass is 19.1. The van der Waals surface area contributed by atoms with Crippen molar-refractivity contribution in [1.29, 1.82) is 0 Å². The summed E-state index contributed by atoms with van der Waals surface area (Å²) in [5.41, 5.74) is 1.80. The van der Waals surface area contributed by atoms with Crippen molar-refractivity contribution in [3.05, 3.63) is 29.6 Å². The maximum atomic E-state index is 14.5. The Bertz CT molecular complexity index is 443. The van der Waals surface area contributed by atoms with Crippen molar-refractivity contribution < 1.29 is 4.39 Å². The molecule has 21 heavy (non-hydrogen) atoms. The third kappa shape index (κ3) is 4.70. The second-order valence-corrected chi connectivity index (χ2v) is 6.25. The van der Waals surface area contributed by atoms with Crippen LogP contribution in [-0.2, 0) is 6.54 Å². The predicted octanol–water partition coefficient (Wildman–Crippen LogP) is 4.48. The zero-order valence-corrected chi connectivity index (χ0v) is 13.7. The molecule has 2 rings (SSSR count). The fourth-order valence-corrected chi connectivity index (χ4v) is 2.57. The van der Waals surface area contributed by atoms with Gasteiger partial charge in [-0.3, -0.25) is 0 Å². The minimum Gasteiger partial charge on any atom is -0.366 e. The van der Waals surface area contributed by atoms with Crippen molar-refractivity contribution in [2.45, 2.75) is 71.5 Å². The molecule has 0 aromatic heterocycles. The molecule has 0 spiro atoms. The molecule has 1 saturated carbocycles. The number of benzene rings is 1. The fourth-order valence-electron chi connectivity index (χ4n) is 2.57. The first-order valence-electron chi connectivity index (χ1n) is 8.44. The zero-order chi connectivity index (χ0) is 15.2. The summed E-state index contributed by atoms with van der Waals surface area (Å²) < 4.78 is 14.5. The molecule has 1 fully saturated rings. The van der Waals surface area contributed by atoms with Gasteiger partial charge in [0.25, 0.3) is 0 Å². The van der Waals surface area contributed by atoms with Crippen molar-refractivity contribution in [2.24, 2.45) is 0 Å². The van der Waals surface area contributed by atoms with Gasteiger partial charge in [0.2, 0.25) is 0 Å². The summed E-state index contributed by atoms with van der Waals surface area (Å²) in [4.78, 5) is 2.22. The van der Waals surface area contributed by atoms with E-state index in [9.17, 15) is 4.39 Å². The lowest BCUT2D eigenvalue weighted by Crippen LogP contribution is -2.34. The van der Waals surface area contributed by atoms with E-state index in [1.54, 1.807) is 6.07 Å². The van der Waals surface area contributed by atoms with E-state index in [2.05, 4.69) is 37.1 Å². The molecule has 1 unspecified atom stereocenters. The third-order valence-electron chi connectivity index (χ3n) is 4.37. The summed E-state index contributed by atoms with van der Waals surface area (Å²) in [6, 6.07) is 6.76. The molecule has 1 aromatic carbocycles. The Morgan fingerprint density at radius 2 is 2.10 bits per heavy atom. The van der Waals surface area contributed by atoms with Crippen molar-refractivity contribution >= 4 is 5.69 Å². The lowest BCUT2D eigenvalue weighted by molar-refractivity contribution is 0.562. The maximum Gasteiger partial charge on any atom is 0.146 e. The topological polar surface area (TPSA) is 15.3 Å². The van der Waals surface area contributed by atoms with E-state index in [1.165, 1.54) is 12.8 Å². The summed E-state index contributed by atoms with van der Waals surface area (Å²) in [5, 5.41) is 3.44. The molecule has 2 nitrogen and oxygen atoms in total. The van der Waals surface area contributed by atoms with Crippen LogP contribution in [0, 0.1) is 5.82 Å². The Morgan fingerprint density at radius 1 is 1.33 bits per heavy atom. The largest absolute Gasteiger partial charge is 0.366 e. The summed E-state index contributed by atoms with van der Waals surface area (Å²) in [6.07, 6.45) is 5.81. The molecular formula is C18H29FN2. The SMILES string of the molecule is CCCCN(c1ccc(CNC2CC2)cc1F)C(C)CC. The molecule has 118 valence electrons. The fraction of sp³-hybridized carbons (Fsp3) is 0.667. The second-order valence-electron chi connectivity index (χ2n) is 6.25. The van der Waals surface area contributed by atoms with Gasteiger partial charge in [-0.05, 0) is 50.3 Å². The van der Waals surface area contributed by atoms with E-state index >= 15 is 0 Å². The van der Waals surface area contributed by atoms with Crippen LogP contribution in [0.4, 0.5) is 10.1 Å². The van der Waals surface area contributed by atoms with Gasteiger partial charge < -0.3 is 10.2 Å². The van der Waals surface area contributed by atoms with E-state index in [0.29, 0.717) is 12.1 Å². The number of unbranched alkanes of at least 4 members (excludes halogenated alkanes) is 1. The predicted molar refractivity (Wildman–Crippen MR) is 88.3 cm³/mol. The number of hydrogen-bond acceptors (Lipinski definition) is 2. The van der Waals surface area contributed by atoms with E-state index in [4.69, 9.17) is 0 Å². The number of nitrogens with zero attached hydrogens (tertiary/aromatic N) is 1. The Kier molecular flexibility index (Phi) is 6.04. The van der Waals surface area contributed by atoms with Crippen molar-refractivity contribution in [2.75, 3.05) is 11.4 Å². The van der Waals surface area contributed by atoms with Crippen LogP contribution in [0.2, 0.25) is 0 Å². The second kappa shape index (κ2) is 7.79. The number of nitrogens with one attached hydrogen (secondary N) is 1. The molecule has 0 heterocycles. The molecule has 1 N–H and O–H groups in total. The van der Waals surface area contributed by atoms with Crippen molar-refractivity contribution in [1.82, 2.24) is 5.32 Å². The van der Waals surface area contributed by atoms with Crippen LogP contribution < -0.4 is 10.2 Å². The summed E-state index contributed by atoms with van der Waals surface area (Å²) in [6.45, 7) is 8.23. The van der Waals surface area contributed by atoms with Crippen molar-refractivity contribution in [3.8, 4) is 0 Å². The minimum absolute atomic E-state index is 0.0819. The number of rotatable bonds is 9. The quantitative estimate of drug-likeness (QED) is 0.722. The highest BCUT2D eigenvalue weighted by molar-refractivity contribution is 5.50. The summed E-state index contributed by atoms with van der Waals surface area (Å²) in [7, 11) is 0. The van der Waals surface area contributed by atoms with E-state index in [-0.39, 0.29) is 5.82 Å². The summed E-state index contributed by atoms with van der Waals surface area (Å²) >= 11 is 0. The first-order chi connectivity index (χ1) is 10.2. The Morgan fingerprint density at radius 3 is 2.67 bits per heavy atom. The smallest absolute Gasteiger partial charge is 0.146 e. The van der Waals surface area contributed by atoms with E-state index < -0.39 is 0 Å². The van der Waals surface area contributed by atoms with Crippen LogP contribution in [0.3, 0.4) is 0 Å².